The molecule has 0 aliphatic carbocycles. The van der Waals surface area contributed by atoms with Crippen LogP contribution >= 0.6 is 0 Å². The van der Waals surface area contributed by atoms with E-state index >= 15 is 0 Å². The molecule has 4 amide bonds. The first-order valence-corrected chi connectivity index (χ1v) is 23.1. The van der Waals surface area contributed by atoms with Crippen LogP contribution in [0.5, 0.6) is 0 Å². The van der Waals surface area contributed by atoms with Gasteiger partial charge < -0.3 is 40.3 Å². The van der Waals surface area contributed by atoms with Gasteiger partial charge >= 0.3 is 12.4 Å². The maximum atomic E-state index is 14.6. The highest BCUT2D eigenvalue weighted by Gasteiger charge is 2.48. The minimum absolute atomic E-state index is 0.0339. The number of nitrogens with zero attached hydrogens (tertiary/aromatic N) is 7. The first-order valence-electron chi connectivity index (χ1n) is 23.1. The quantitative estimate of drug-likeness (QED) is 0.0869. The maximum absolute atomic E-state index is 14.6. The molecule has 16 nitrogen and oxygen atoms in total. The molecule has 5 aromatic carbocycles. The standard InChI is InChI=1S/C51H47F6N11O5/c1-27-36-13-11-33(18-40(36)62-61-27)58-38-9-6-8-31-22-67(49(72)47(31)38)25-44(70)65-23-42(51(55,56)57)73-45(26-65)68-41-19-34(12-14-37(41)28(2)63-68)59-39-10-5-7-30-21-66(48(71)46(30)39)24-43(69)60-35-16-29(20-64(3)4)15-32(17-35)50(52,53)54/h5-19,42,45,58-59H,20-26H2,1-4H3,(H,60,69)(H,61,62). The number of ether oxygens (including phenoxy) is 1. The van der Waals surface area contributed by atoms with Crippen LogP contribution in [-0.2, 0) is 40.1 Å². The Bertz CT molecular complexity index is 3370. The van der Waals surface area contributed by atoms with Crippen molar-refractivity contribution in [1.29, 1.82) is 0 Å². The minimum Gasteiger partial charge on any atom is -0.355 e. The number of aromatic amines is 1. The van der Waals surface area contributed by atoms with Crippen LogP contribution in [0.3, 0.4) is 0 Å². The van der Waals surface area contributed by atoms with Crippen LogP contribution in [-0.4, -0.2) is 116 Å². The van der Waals surface area contributed by atoms with Crippen LogP contribution in [0, 0.1) is 13.8 Å². The molecule has 0 bridgehead atoms. The number of aryl methyl sites for hydroxylation is 2. The molecule has 7 aromatic rings. The summed E-state index contributed by atoms with van der Waals surface area (Å²) >= 11 is 0. The fourth-order valence-corrected chi connectivity index (χ4v) is 9.71. The van der Waals surface area contributed by atoms with Crippen molar-refractivity contribution in [3.05, 3.63) is 136 Å². The van der Waals surface area contributed by atoms with Crippen molar-refractivity contribution in [1.82, 2.24) is 39.6 Å². The minimum atomic E-state index is -4.87. The Morgan fingerprint density at radius 2 is 1.40 bits per heavy atom. The van der Waals surface area contributed by atoms with E-state index in [1.165, 1.54) is 20.5 Å². The van der Waals surface area contributed by atoms with Gasteiger partial charge in [0.25, 0.3) is 11.8 Å². The molecule has 10 rings (SSSR count). The monoisotopic (exact) mass is 1010 g/mol. The summed E-state index contributed by atoms with van der Waals surface area (Å²) in [6, 6.07) is 24.3. The number of amides is 4. The number of carbonyl (C=O) groups excluding carboxylic acids is 4. The second-order valence-corrected chi connectivity index (χ2v) is 18.7. The van der Waals surface area contributed by atoms with Crippen molar-refractivity contribution in [2.45, 2.75) is 58.2 Å². The highest BCUT2D eigenvalue weighted by Crippen LogP contribution is 2.38. The van der Waals surface area contributed by atoms with Gasteiger partial charge in [-0.25, -0.2) is 4.68 Å². The summed E-state index contributed by atoms with van der Waals surface area (Å²) in [5.74, 6) is -2.39. The van der Waals surface area contributed by atoms with E-state index in [-0.39, 0.29) is 37.4 Å². The molecule has 1 saturated heterocycles. The van der Waals surface area contributed by atoms with Crippen LogP contribution in [0.4, 0.5) is 54.8 Å². The Balaban J connectivity index is 0.842. The number of alkyl halides is 6. The number of aromatic nitrogens is 4. The first kappa shape index (κ1) is 48.6. The largest absolute Gasteiger partial charge is 0.416 e. The number of benzene rings is 5. The van der Waals surface area contributed by atoms with E-state index in [1.54, 1.807) is 80.5 Å². The van der Waals surface area contributed by atoms with Crippen molar-refractivity contribution in [3.8, 4) is 0 Å². The fourth-order valence-electron chi connectivity index (χ4n) is 9.71. The van der Waals surface area contributed by atoms with Crippen molar-refractivity contribution in [3.63, 3.8) is 0 Å². The zero-order valence-electron chi connectivity index (χ0n) is 39.7. The average Bonchev–Trinajstić information content (AvgIpc) is 4.06. The first-order chi connectivity index (χ1) is 34.7. The van der Waals surface area contributed by atoms with Gasteiger partial charge in [-0.05, 0) is 111 Å². The molecule has 378 valence electrons. The third-order valence-corrected chi connectivity index (χ3v) is 13.1. The number of carbonyl (C=O) groups is 4. The Morgan fingerprint density at radius 3 is 2.03 bits per heavy atom. The number of anilines is 5. The zero-order chi connectivity index (χ0) is 51.7. The number of nitrogens with one attached hydrogen (secondary N) is 4. The normalized spacial score (nSPS) is 17.0. The van der Waals surface area contributed by atoms with Gasteiger partial charge in [0.2, 0.25) is 11.8 Å². The topological polar surface area (TPSA) is 173 Å². The lowest BCUT2D eigenvalue weighted by Gasteiger charge is -2.39. The highest BCUT2D eigenvalue weighted by molar-refractivity contribution is 6.07. The molecule has 2 aromatic heterocycles. The molecular formula is C51H47F6N11O5. The predicted octanol–water partition coefficient (Wildman–Crippen LogP) is 8.64. The second kappa shape index (κ2) is 18.6. The molecule has 0 saturated carbocycles. The van der Waals surface area contributed by atoms with Gasteiger partial charge in [-0.1, -0.05) is 24.3 Å². The van der Waals surface area contributed by atoms with E-state index in [1.807, 2.05) is 25.1 Å². The van der Waals surface area contributed by atoms with Crippen molar-refractivity contribution >= 4 is 73.9 Å². The molecule has 1 fully saturated rings. The summed E-state index contributed by atoms with van der Waals surface area (Å²) in [4.78, 5) is 60.4. The summed E-state index contributed by atoms with van der Waals surface area (Å²) in [6.07, 6.45) is -13.3. The van der Waals surface area contributed by atoms with Gasteiger partial charge in [0.1, 0.15) is 13.1 Å². The van der Waals surface area contributed by atoms with Crippen LogP contribution in [0.2, 0.25) is 0 Å². The number of rotatable bonds is 12. The lowest BCUT2D eigenvalue weighted by Crippen LogP contribution is -2.55. The Kier molecular flexibility index (Phi) is 12.4. The molecule has 0 spiro atoms. The summed E-state index contributed by atoms with van der Waals surface area (Å²) in [5.41, 5.74) is 5.56. The zero-order valence-corrected chi connectivity index (χ0v) is 39.7. The SMILES string of the molecule is Cc1[nH]nc2cc(Nc3cccc4c3C(=O)N(CC(=O)N3CC(n5nc(C)c6ccc(Nc7cccc8c7C(=O)N(CC(=O)Nc7cc(CN(C)C)cc(C(F)(F)F)c7)C8)cc65)OC(C(F)(F)F)C3)C4)ccc12. The van der Waals surface area contributed by atoms with Gasteiger partial charge in [-0.3, -0.25) is 24.3 Å². The fraction of sp³-hybridized carbons (Fsp3) is 0.294. The second-order valence-electron chi connectivity index (χ2n) is 18.7. The van der Waals surface area contributed by atoms with Gasteiger partial charge in [-0.2, -0.15) is 36.5 Å². The lowest BCUT2D eigenvalue weighted by molar-refractivity contribution is -0.264. The molecule has 5 heterocycles. The van der Waals surface area contributed by atoms with Gasteiger partial charge in [-0.15, -0.1) is 0 Å². The predicted molar refractivity (Wildman–Crippen MR) is 258 cm³/mol. The number of hydrogen-bond acceptors (Lipinski definition) is 10. The molecular weight excluding hydrogens is 961 g/mol. The van der Waals surface area contributed by atoms with Crippen molar-refractivity contribution in [2.75, 3.05) is 56.2 Å². The Labute approximate surface area is 412 Å². The summed E-state index contributed by atoms with van der Waals surface area (Å²) < 4.78 is 92.0. The summed E-state index contributed by atoms with van der Waals surface area (Å²) in [7, 11) is 3.41. The molecule has 2 unspecified atom stereocenters. The van der Waals surface area contributed by atoms with E-state index in [2.05, 4.69) is 31.2 Å². The third-order valence-electron chi connectivity index (χ3n) is 13.1. The van der Waals surface area contributed by atoms with Crippen LogP contribution < -0.4 is 16.0 Å². The Morgan fingerprint density at radius 1 is 0.767 bits per heavy atom. The highest BCUT2D eigenvalue weighted by atomic mass is 19.4. The van der Waals surface area contributed by atoms with Crippen LogP contribution in [0.1, 0.15) is 60.6 Å². The summed E-state index contributed by atoms with van der Waals surface area (Å²) in [6.45, 7) is 1.78. The number of morpholine rings is 1. The maximum Gasteiger partial charge on any atom is 0.416 e. The van der Waals surface area contributed by atoms with E-state index in [4.69, 9.17) is 4.74 Å². The average molecular weight is 1010 g/mol. The molecule has 22 heteroatoms. The molecule has 0 radical (unpaired) electrons. The lowest BCUT2D eigenvalue weighted by atomic mass is 10.1. The number of fused-ring (bicyclic) bond motifs is 4. The van der Waals surface area contributed by atoms with Crippen molar-refractivity contribution in [2.24, 2.45) is 0 Å². The van der Waals surface area contributed by atoms with Gasteiger partial charge in [0.15, 0.2) is 12.3 Å². The number of halogens is 6. The van der Waals surface area contributed by atoms with Gasteiger partial charge in [0, 0.05) is 53.2 Å². The smallest absolute Gasteiger partial charge is 0.355 e. The summed E-state index contributed by atoms with van der Waals surface area (Å²) in [5, 5.41) is 22.4. The number of hydrogen-bond donors (Lipinski definition) is 4. The Hall–Kier alpha value is -7.98. The molecule has 2 atom stereocenters. The van der Waals surface area contributed by atoms with Crippen LogP contribution in [0.25, 0.3) is 21.8 Å². The van der Waals surface area contributed by atoms with E-state index in [0.717, 1.165) is 33.6 Å². The molecule has 4 N–H and O–H groups in total. The van der Waals surface area contributed by atoms with Gasteiger partial charge in [0.05, 0.1) is 57.9 Å². The van der Waals surface area contributed by atoms with E-state index < -0.39 is 73.5 Å². The molecule has 3 aliphatic heterocycles. The molecule has 73 heavy (non-hydrogen) atoms. The molecule has 3 aliphatic rings. The van der Waals surface area contributed by atoms with Crippen LogP contribution in [0.15, 0.2) is 91.0 Å². The third kappa shape index (κ3) is 9.74. The van der Waals surface area contributed by atoms with E-state index in [0.29, 0.717) is 61.6 Å². The van der Waals surface area contributed by atoms with E-state index in [9.17, 15) is 45.5 Å². The number of H-pyrrole nitrogens is 1. The van der Waals surface area contributed by atoms with Crippen molar-refractivity contribution < 1.29 is 50.3 Å².